The molecule has 7 nitrogen and oxygen atoms in total. The molecule has 2 unspecified atom stereocenters. The zero-order valence-electron chi connectivity index (χ0n) is 18.4. The molecule has 1 saturated carbocycles. The summed E-state index contributed by atoms with van der Waals surface area (Å²) in [6, 6.07) is 11.1. The van der Waals surface area contributed by atoms with Crippen LogP contribution in [0.25, 0.3) is 0 Å². The van der Waals surface area contributed by atoms with Crippen LogP contribution >= 0.6 is 0 Å². The van der Waals surface area contributed by atoms with Crippen molar-refractivity contribution in [1.82, 2.24) is 10.6 Å². The number of carbonyl (C=O) groups excluding carboxylic acids is 3. The summed E-state index contributed by atoms with van der Waals surface area (Å²) in [5, 5.41) is 19.0. The number of amides is 2. The van der Waals surface area contributed by atoms with Gasteiger partial charge in [-0.15, -0.1) is 0 Å². The lowest BCUT2D eigenvalue weighted by Crippen LogP contribution is -2.50. The second-order valence-electron chi connectivity index (χ2n) is 8.74. The number of rotatable bonds is 5. The van der Waals surface area contributed by atoms with E-state index in [1.54, 1.807) is 13.0 Å². The van der Waals surface area contributed by atoms with Gasteiger partial charge in [0.2, 0.25) is 11.8 Å². The molecule has 0 saturated heterocycles. The van der Waals surface area contributed by atoms with E-state index in [9.17, 15) is 19.5 Å². The highest BCUT2D eigenvalue weighted by atomic mass is 16.3. The average Bonchev–Trinajstić information content (AvgIpc) is 3.28. The molecule has 1 heterocycles. The molecule has 2 aromatic carbocycles. The van der Waals surface area contributed by atoms with Gasteiger partial charge in [-0.05, 0) is 50.3 Å². The summed E-state index contributed by atoms with van der Waals surface area (Å²) < 4.78 is 0. The molecule has 0 aromatic heterocycles. The molecule has 2 aromatic rings. The number of aliphatic hydroxyl groups excluding tert-OH is 1. The molecule has 1 aliphatic carbocycles. The van der Waals surface area contributed by atoms with Gasteiger partial charge in [-0.1, -0.05) is 43.2 Å². The number of hydrogen-bond acceptors (Lipinski definition) is 5. The molecule has 7 heteroatoms. The van der Waals surface area contributed by atoms with Gasteiger partial charge in [0.05, 0.1) is 0 Å². The van der Waals surface area contributed by atoms with Crippen molar-refractivity contribution in [2.75, 3.05) is 5.32 Å². The third-order valence-corrected chi connectivity index (χ3v) is 6.48. The highest BCUT2D eigenvalue weighted by Crippen LogP contribution is 2.36. The van der Waals surface area contributed by atoms with E-state index in [0.717, 1.165) is 36.9 Å². The molecule has 0 bridgehead atoms. The lowest BCUT2D eigenvalue weighted by molar-refractivity contribution is -0.135. The maximum atomic E-state index is 13.5. The van der Waals surface area contributed by atoms with Crippen molar-refractivity contribution >= 4 is 29.0 Å². The quantitative estimate of drug-likeness (QED) is 0.577. The van der Waals surface area contributed by atoms with Crippen LogP contribution in [0.2, 0.25) is 0 Å². The number of hydrogen-bond donors (Lipinski definition) is 4. The van der Waals surface area contributed by atoms with Gasteiger partial charge in [0.25, 0.3) is 0 Å². The van der Waals surface area contributed by atoms with Gasteiger partial charge in [-0.3, -0.25) is 14.4 Å². The lowest BCUT2D eigenvalue weighted by Gasteiger charge is -2.23. The molecule has 32 heavy (non-hydrogen) atoms. The fourth-order valence-corrected chi connectivity index (χ4v) is 4.65. The Kier molecular flexibility index (Phi) is 6.28. The number of nitrogens with one attached hydrogen (secondary N) is 3. The second-order valence-corrected chi connectivity index (χ2v) is 8.74. The van der Waals surface area contributed by atoms with Gasteiger partial charge in [-0.2, -0.15) is 0 Å². The fourth-order valence-electron chi connectivity index (χ4n) is 4.65. The summed E-state index contributed by atoms with van der Waals surface area (Å²) in [6.07, 6.45) is 2.52. The molecule has 168 valence electrons. The van der Waals surface area contributed by atoms with Gasteiger partial charge in [-0.25, -0.2) is 0 Å². The van der Waals surface area contributed by atoms with E-state index in [1.165, 1.54) is 0 Å². The zero-order chi connectivity index (χ0) is 22.8. The minimum Gasteiger partial charge on any atom is -0.383 e. The first-order chi connectivity index (χ1) is 15.4. The number of benzene rings is 2. The van der Waals surface area contributed by atoms with E-state index in [2.05, 4.69) is 16.0 Å². The number of carbonyl (C=O) groups is 3. The topological polar surface area (TPSA) is 108 Å². The molecule has 1 fully saturated rings. The Hall–Kier alpha value is -3.19. The number of Topliss-reactive ketones (excluding diaryl/α,β-unsaturated/α-hetero) is 1. The normalized spacial score (nSPS) is 19.7. The molecule has 4 N–H and O–H groups in total. The van der Waals surface area contributed by atoms with E-state index in [4.69, 9.17) is 0 Å². The van der Waals surface area contributed by atoms with Crippen molar-refractivity contribution in [2.24, 2.45) is 5.92 Å². The number of aliphatic hydroxyl groups is 1. The monoisotopic (exact) mass is 435 g/mol. The predicted octanol–water partition coefficient (Wildman–Crippen LogP) is 3.15. The molecule has 4 rings (SSSR count). The zero-order valence-corrected chi connectivity index (χ0v) is 18.4. The smallest absolute Gasteiger partial charge is 0.249 e. The van der Waals surface area contributed by atoms with Crippen LogP contribution in [-0.2, 0) is 9.59 Å². The summed E-state index contributed by atoms with van der Waals surface area (Å²) in [6.45, 7) is 3.42. The largest absolute Gasteiger partial charge is 0.383 e. The maximum absolute atomic E-state index is 13.5. The molecule has 2 aliphatic rings. The van der Waals surface area contributed by atoms with Crippen LogP contribution in [0, 0.1) is 12.8 Å². The van der Waals surface area contributed by atoms with Crippen molar-refractivity contribution in [3.63, 3.8) is 0 Å². The first-order valence-electron chi connectivity index (χ1n) is 11.2. The van der Waals surface area contributed by atoms with E-state index >= 15 is 0 Å². The third kappa shape index (κ3) is 4.25. The van der Waals surface area contributed by atoms with Gasteiger partial charge in [0.15, 0.2) is 5.78 Å². The summed E-state index contributed by atoms with van der Waals surface area (Å²) in [4.78, 5) is 38.9. The lowest BCUT2D eigenvalue weighted by atomic mass is 9.94. The van der Waals surface area contributed by atoms with E-state index < -0.39 is 30.0 Å². The third-order valence-electron chi connectivity index (χ3n) is 6.48. The van der Waals surface area contributed by atoms with Crippen LogP contribution in [0.5, 0.6) is 0 Å². The molecule has 0 radical (unpaired) electrons. The summed E-state index contributed by atoms with van der Waals surface area (Å²) in [5.41, 5.74) is 3.44. The minimum atomic E-state index is -1.12. The summed E-state index contributed by atoms with van der Waals surface area (Å²) in [7, 11) is 0. The number of ketones is 1. The molecular weight excluding hydrogens is 406 g/mol. The molecule has 3 atom stereocenters. The Bertz CT molecular complexity index is 1050. The average molecular weight is 436 g/mol. The highest BCUT2D eigenvalue weighted by molar-refractivity contribution is 6.10. The summed E-state index contributed by atoms with van der Waals surface area (Å²) >= 11 is 0. The summed E-state index contributed by atoms with van der Waals surface area (Å²) in [5.74, 6) is -1.31. The Labute approximate surface area is 187 Å². The number of fused-ring (bicyclic) bond motifs is 2. The van der Waals surface area contributed by atoms with Crippen LogP contribution in [0.1, 0.15) is 60.1 Å². The van der Waals surface area contributed by atoms with E-state index in [0.29, 0.717) is 16.8 Å². The van der Waals surface area contributed by atoms with Crippen molar-refractivity contribution < 1.29 is 19.5 Å². The SMILES string of the molecule is Cc1cccc2c1C(=O)C(NC(=O)[C@H](C)NC(=O)C(O)C1CCCC1)c1ccccc1N2. The molecule has 2 amide bonds. The number of anilines is 2. The van der Waals surface area contributed by atoms with Crippen LogP contribution in [-0.4, -0.2) is 34.8 Å². The predicted molar refractivity (Wildman–Crippen MR) is 122 cm³/mol. The van der Waals surface area contributed by atoms with Gasteiger partial charge in [0, 0.05) is 22.5 Å². The number of para-hydroxylation sites is 1. The van der Waals surface area contributed by atoms with Gasteiger partial charge >= 0.3 is 0 Å². The standard InChI is InChI=1S/C25H29N3O4/c1-14-8-7-13-19-20(14)23(30)21(17-11-5-6-12-18(17)27-19)28-24(31)15(2)26-25(32)22(29)16-9-3-4-10-16/h5-8,11-13,15-16,21-22,27,29H,3-4,9-10H2,1-2H3,(H,26,32)(H,28,31)/t15-,21?,22?/m0/s1. The molecule has 1 aliphatic heterocycles. The minimum absolute atomic E-state index is 0.0638. The fraction of sp³-hybridized carbons (Fsp3) is 0.400. The van der Waals surface area contributed by atoms with Crippen molar-refractivity contribution in [1.29, 1.82) is 0 Å². The van der Waals surface area contributed by atoms with Crippen LogP contribution in [0.4, 0.5) is 11.4 Å². The van der Waals surface area contributed by atoms with Gasteiger partial charge in [0.1, 0.15) is 18.2 Å². The first kappa shape index (κ1) is 22.0. The Balaban J connectivity index is 1.54. The maximum Gasteiger partial charge on any atom is 0.249 e. The highest BCUT2D eigenvalue weighted by Gasteiger charge is 2.34. The van der Waals surface area contributed by atoms with E-state index in [1.807, 2.05) is 43.3 Å². The Morgan fingerprint density at radius 3 is 2.47 bits per heavy atom. The second kappa shape index (κ2) is 9.12. The van der Waals surface area contributed by atoms with Crippen LogP contribution < -0.4 is 16.0 Å². The van der Waals surface area contributed by atoms with Crippen molar-refractivity contribution in [3.05, 3.63) is 59.2 Å². The van der Waals surface area contributed by atoms with E-state index in [-0.39, 0.29) is 11.7 Å². The van der Waals surface area contributed by atoms with Gasteiger partial charge < -0.3 is 21.1 Å². The van der Waals surface area contributed by atoms with Crippen LogP contribution in [0.15, 0.2) is 42.5 Å². The molecule has 0 spiro atoms. The van der Waals surface area contributed by atoms with Crippen molar-refractivity contribution in [2.45, 2.75) is 57.7 Å². The van der Waals surface area contributed by atoms with Crippen LogP contribution in [0.3, 0.4) is 0 Å². The molecular formula is C25H29N3O4. The Morgan fingerprint density at radius 1 is 1.03 bits per heavy atom. The number of aryl methyl sites for hydroxylation is 1. The Morgan fingerprint density at radius 2 is 1.72 bits per heavy atom. The van der Waals surface area contributed by atoms with Crippen molar-refractivity contribution in [3.8, 4) is 0 Å². The first-order valence-corrected chi connectivity index (χ1v) is 11.2.